The molecule has 8 nitrogen and oxygen atoms in total. The van der Waals surface area contributed by atoms with E-state index in [-0.39, 0.29) is 11.5 Å². The molecule has 0 atom stereocenters. The number of methoxy groups -OCH3 is 1. The Hall–Kier alpha value is -3.43. The molecule has 0 radical (unpaired) electrons. The van der Waals surface area contributed by atoms with Gasteiger partial charge in [-0.2, -0.15) is 0 Å². The van der Waals surface area contributed by atoms with Crippen molar-refractivity contribution in [2.75, 3.05) is 40.3 Å². The number of carbonyl (C=O) groups is 1. The van der Waals surface area contributed by atoms with E-state index in [1.807, 2.05) is 47.4 Å². The number of rotatable bonds is 4. The van der Waals surface area contributed by atoms with Gasteiger partial charge < -0.3 is 24.5 Å². The molecule has 2 aromatic heterocycles. The molecule has 2 aromatic carbocycles. The molecule has 0 spiro atoms. The van der Waals surface area contributed by atoms with Crippen LogP contribution in [0.15, 0.2) is 47.3 Å². The minimum atomic E-state index is -0.193. The van der Waals surface area contributed by atoms with Crippen LogP contribution < -0.4 is 10.3 Å². The van der Waals surface area contributed by atoms with Crippen molar-refractivity contribution in [3.8, 4) is 5.75 Å². The van der Waals surface area contributed by atoms with Gasteiger partial charge >= 0.3 is 0 Å². The molecule has 3 heterocycles. The number of aromatic amines is 2. The number of fused-ring (bicyclic) bond motifs is 3. The highest BCUT2D eigenvalue weighted by molar-refractivity contribution is 7.71. The molecule has 5 rings (SSSR count). The summed E-state index contributed by atoms with van der Waals surface area (Å²) < 4.78 is 7.18. The molecule has 0 bridgehead atoms. The molecule has 4 aromatic rings. The van der Waals surface area contributed by atoms with Crippen molar-refractivity contribution in [2.45, 2.75) is 6.54 Å². The summed E-state index contributed by atoms with van der Waals surface area (Å²) in [6.07, 6.45) is 0. The second-order valence-electron chi connectivity index (χ2n) is 8.40. The highest BCUT2D eigenvalue weighted by Crippen LogP contribution is 2.26. The number of amides is 1. The van der Waals surface area contributed by atoms with Crippen LogP contribution in [0.4, 0.5) is 0 Å². The largest absolute Gasteiger partial charge is 0.497 e. The molecular formula is C24H25N5O3S. The van der Waals surface area contributed by atoms with E-state index in [1.54, 1.807) is 7.11 Å². The van der Waals surface area contributed by atoms with Crippen molar-refractivity contribution < 1.29 is 9.53 Å². The molecule has 1 fully saturated rings. The fraction of sp³-hybridized carbons (Fsp3) is 0.292. The van der Waals surface area contributed by atoms with Gasteiger partial charge in [0.05, 0.1) is 19.2 Å². The van der Waals surface area contributed by atoms with E-state index in [9.17, 15) is 9.59 Å². The molecule has 2 N–H and O–H groups in total. The summed E-state index contributed by atoms with van der Waals surface area (Å²) in [5.74, 6) is 0.747. The van der Waals surface area contributed by atoms with Crippen molar-refractivity contribution in [2.24, 2.45) is 0 Å². The zero-order valence-electron chi connectivity index (χ0n) is 18.6. The van der Waals surface area contributed by atoms with Crippen LogP contribution >= 0.6 is 12.2 Å². The number of ether oxygens (including phenoxy) is 1. The lowest BCUT2D eigenvalue weighted by atomic mass is 10.1. The summed E-state index contributed by atoms with van der Waals surface area (Å²) in [4.78, 5) is 36.5. The lowest BCUT2D eigenvalue weighted by Crippen LogP contribution is -2.47. The monoisotopic (exact) mass is 463 g/mol. The van der Waals surface area contributed by atoms with Crippen molar-refractivity contribution in [1.82, 2.24) is 24.3 Å². The normalized spacial score (nSPS) is 14.8. The summed E-state index contributed by atoms with van der Waals surface area (Å²) >= 11 is 5.52. The molecule has 1 aliphatic rings. The van der Waals surface area contributed by atoms with Gasteiger partial charge in [0.1, 0.15) is 11.3 Å². The van der Waals surface area contributed by atoms with Crippen LogP contribution in [0, 0.1) is 4.77 Å². The predicted octanol–water partition coefficient (Wildman–Crippen LogP) is 2.98. The summed E-state index contributed by atoms with van der Waals surface area (Å²) in [5, 5.41) is 0.853. The van der Waals surface area contributed by atoms with E-state index in [2.05, 4.69) is 21.9 Å². The fourth-order valence-electron chi connectivity index (χ4n) is 4.26. The Kier molecular flexibility index (Phi) is 5.51. The quantitative estimate of drug-likeness (QED) is 0.455. The lowest BCUT2D eigenvalue weighted by Gasteiger charge is -2.32. The van der Waals surface area contributed by atoms with Crippen LogP contribution in [0.25, 0.3) is 21.9 Å². The van der Waals surface area contributed by atoms with Gasteiger partial charge in [-0.05, 0) is 55.2 Å². The molecule has 1 amide bonds. The smallest absolute Gasteiger partial charge is 0.278 e. The minimum Gasteiger partial charge on any atom is -0.497 e. The van der Waals surface area contributed by atoms with Gasteiger partial charge in [0, 0.05) is 42.6 Å². The fourth-order valence-corrected chi connectivity index (χ4v) is 4.51. The first-order valence-corrected chi connectivity index (χ1v) is 11.2. The number of H-pyrrole nitrogens is 2. The zero-order chi connectivity index (χ0) is 23.1. The molecular weight excluding hydrogens is 438 g/mol. The van der Waals surface area contributed by atoms with Gasteiger partial charge in [-0.25, -0.2) is 0 Å². The van der Waals surface area contributed by atoms with Crippen LogP contribution in [0.5, 0.6) is 5.75 Å². The van der Waals surface area contributed by atoms with Crippen molar-refractivity contribution in [3.05, 3.63) is 68.7 Å². The van der Waals surface area contributed by atoms with Crippen molar-refractivity contribution in [3.63, 3.8) is 0 Å². The standard InChI is InChI=1S/C24H25N5O3S/c1-27-9-11-28(12-10-27)22(30)16-5-3-15(4-6-16)14-29-23(31)21-20(26-24(29)33)18-13-17(32-2)7-8-19(18)25-21/h3-8,13,25H,9-12,14H2,1-2H3,(H,26,33). The number of hydrogen-bond acceptors (Lipinski definition) is 5. The van der Waals surface area contributed by atoms with Crippen LogP contribution in [0.1, 0.15) is 15.9 Å². The maximum Gasteiger partial charge on any atom is 0.278 e. The van der Waals surface area contributed by atoms with Gasteiger partial charge in [-0.15, -0.1) is 0 Å². The van der Waals surface area contributed by atoms with Crippen LogP contribution in [-0.2, 0) is 6.54 Å². The molecule has 0 unspecified atom stereocenters. The Morgan fingerprint density at radius 2 is 1.76 bits per heavy atom. The van der Waals surface area contributed by atoms with E-state index in [0.29, 0.717) is 33.7 Å². The minimum absolute atomic E-state index is 0.0408. The number of hydrogen-bond donors (Lipinski definition) is 2. The maximum absolute atomic E-state index is 13.2. The third-order valence-electron chi connectivity index (χ3n) is 6.27. The predicted molar refractivity (Wildman–Crippen MR) is 131 cm³/mol. The van der Waals surface area contributed by atoms with E-state index >= 15 is 0 Å². The van der Waals surface area contributed by atoms with E-state index in [1.165, 1.54) is 4.57 Å². The number of carbonyl (C=O) groups excluding carboxylic acids is 1. The SMILES string of the molecule is COc1ccc2[nH]c3c(=O)n(Cc4ccc(C(=O)N5CCN(C)CC5)cc4)c(=S)[nH]c3c2c1. The summed E-state index contributed by atoms with van der Waals surface area (Å²) in [6, 6.07) is 13.0. The Morgan fingerprint density at radius 3 is 2.45 bits per heavy atom. The second kappa shape index (κ2) is 8.49. The van der Waals surface area contributed by atoms with Crippen molar-refractivity contribution >= 4 is 40.1 Å². The Morgan fingerprint density at radius 1 is 1.03 bits per heavy atom. The first-order valence-electron chi connectivity index (χ1n) is 10.8. The van der Waals surface area contributed by atoms with E-state index in [0.717, 1.165) is 42.6 Å². The van der Waals surface area contributed by atoms with Crippen LogP contribution in [-0.4, -0.2) is 70.6 Å². The highest BCUT2D eigenvalue weighted by atomic mass is 32.1. The average Bonchev–Trinajstić information content (AvgIpc) is 3.20. The van der Waals surface area contributed by atoms with Crippen molar-refractivity contribution in [1.29, 1.82) is 0 Å². The first-order chi connectivity index (χ1) is 15.9. The maximum atomic E-state index is 13.2. The zero-order valence-corrected chi connectivity index (χ0v) is 19.4. The molecule has 0 aliphatic carbocycles. The Balaban J connectivity index is 1.43. The third kappa shape index (κ3) is 3.94. The first kappa shape index (κ1) is 21.4. The number of nitrogens with one attached hydrogen (secondary N) is 2. The number of piperazine rings is 1. The van der Waals surface area contributed by atoms with Gasteiger partial charge in [0.15, 0.2) is 4.77 Å². The molecule has 1 saturated heterocycles. The van der Waals surface area contributed by atoms with Gasteiger partial charge in [0.25, 0.3) is 11.5 Å². The molecule has 9 heteroatoms. The van der Waals surface area contributed by atoms with Gasteiger partial charge in [-0.1, -0.05) is 12.1 Å². The molecule has 0 saturated carbocycles. The van der Waals surface area contributed by atoms with Gasteiger partial charge in [-0.3, -0.25) is 14.2 Å². The number of aromatic nitrogens is 3. The summed E-state index contributed by atoms with van der Waals surface area (Å²) in [6.45, 7) is 3.55. The van der Waals surface area contributed by atoms with E-state index in [4.69, 9.17) is 17.0 Å². The lowest BCUT2D eigenvalue weighted by molar-refractivity contribution is 0.0664. The van der Waals surface area contributed by atoms with E-state index < -0.39 is 0 Å². The molecule has 33 heavy (non-hydrogen) atoms. The number of nitrogens with zero attached hydrogens (tertiary/aromatic N) is 3. The molecule has 170 valence electrons. The summed E-state index contributed by atoms with van der Waals surface area (Å²) in [7, 11) is 3.67. The highest BCUT2D eigenvalue weighted by Gasteiger charge is 2.20. The van der Waals surface area contributed by atoms with Gasteiger partial charge in [0.2, 0.25) is 0 Å². The van der Waals surface area contributed by atoms with Crippen LogP contribution in [0.2, 0.25) is 0 Å². The second-order valence-corrected chi connectivity index (χ2v) is 8.79. The number of benzene rings is 2. The molecule has 1 aliphatic heterocycles. The summed E-state index contributed by atoms with van der Waals surface area (Å²) in [5.41, 5.74) is 3.32. The number of likely N-dealkylation sites (N-methyl/N-ethyl adjacent to an activating group) is 1. The average molecular weight is 464 g/mol. The third-order valence-corrected chi connectivity index (χ3v) is 6.60. The Labute approximate surface area is 195 Å². The van der Waals surface area contributed by atoms with Crippen LogP contribution in [0.3, 0.4) is 0 Å². The topological polar surface area (TPSA) is 86.4 Å². The Bertz CT molecular complexity index is 1460.